The van der Waals surface area contributed by atoms with Crippen LogP contribution < -0.4 is 9.47 Å². The van der Waals surface area contributed by atoms with Crippen molar-refractivity contribution >= 4 is 17.2 Å². The van der Waals surface area contributed by atoms with Gasteiger partial charge in [-0.25, -0.2) is 0 Å². The van der Waals surface area contributed by atoms with Crippen LogP contribution in [0, 0.1) is 0 Å². The molecule has 1 saturated heterocycles. The molecule has 1 atom stereocenters. The van der Waals surface area contributed by atoms with Gasteiger partial charge in [0.25, 0.3) is 5.91 Å². The third-order valence-corrected chi connectivity index (χ3v) is 5.12. The van der Waals surface area contributed by atoms with Gasteiger partial charge in [-0.15, -0.1) is 0 Å². The van der Waals surface area contributed by atoms with E-state index in [1.165, 1.54) is 0 Å². The number of carbonyl (C=O) groups excluding carboxylic acids is 1. The number of hydrogen-bond donors (Lipinski definition) is 0. The largest absolute Gasteiger partial charge is 0.490 e. The van der Waals surface area contributed by atoms with Crippen LogP contribution in [0.3, 0.4) is 0 Å². The number of carbonyl (C=O) groups is 1. The van der Waals surface area contributed by atoms with Crippen LogP contribution in [0.4, 0.5) is 0 Å². The Morgan fingerprint density at radius 3 is 2.83 bits per heavy atom. The van der Waals surface area contributed by atoms with Gasteiger partial charge in [0.15, 0.2) is 11.5 Å². The van der Waals surface area contributed by atoms with Crippen LogP contribution in [0.2, 0.25) is 0 Å². The molecule has 1 fully saturated rings. The first kappa shape index (κ1) is 14.6. The van der Waals surface area contributed by atoms with Crippen LogP contribution >= 0.6 is 11.3 Å². The monoisotopic (exact) mass is 329 g/mol. The van der Waals surface area contributed by atoms with E-state index in [1.807, 2.05) is 33.9 Å². The molecular weight excluding hydrogens is 310 g/mol. The Morgan fingerprint density at radius 1 is 1.13 bits per heavy atom. The molecule has 0 N–H and O–H groups in total. The average molecular weight is 329 g/mol. The summed E-state index contributed by atoms with van der Waals surface area (Å²) < 4.78 is 11.5. The predicted octanol–water partition coefficient (Wildman–Crippen LogP) is 3.89. The van der Waals surface area contributed by atoms with Crippen LogP contribution in [-0.4, -0.2) is 30.6 Å². The summed E-state index contributed by atoms with van der Waals surface area (Å²) in [6.45, 7) is 2.19. The van der Waals surface area contributed by atoms with E-state index in [1.54, 1.807) is 11.3 Å². The molecule has 0 saturated carbocycles. The van der Waals surface area contributed by atoms with Gasteiger partial charge in [0.05, 0.1) is 24.8 Å². The van der Waals surface area contributed by atoms with Crippen LogP contribution in [-0.2, 0) is 0 Å². The van der Waals surface area contributed by atoms with Gasteiger partial charge in [0, 0.05) is 18.3 Å². The molecule has 120 valence electrons. The van der Waals surface area contributed by atoms with Gasteiger partial charge in [-0.2, -0.15) is 11.3 Å². The van der Waals surface area contributed by atoms with E-state index in [0.29, 0.717) is 13.2 Å². The van der Waals surface area contributed by atoms with Crippen molar-refractivity contribution in [3.05, 3.63) is 46.2 Å². The molecule has 0 unspecified atom stereocenters. The van der Waals surface area contributed by atoms with Crippen molar-refractivity contribution in [2.75, 3.05) is 19.8 Å². The Balaban J connectivity index is 1.61. The number of thiophene rings is 1. The number of hydrogen-bond acceptors (Lipinski definition) is 4. The third-order valence-electron chi connectivity index (χ3n) is 4.44. The molecule has 1 amide bonds. The van der Waals surface area contributed by atoms with Crippen molar-refractivity contribution in [2.24, 2.45) is 0 Å². The topological polar surface area (TPSA) is 38.8 Å². The number of fused-ring (bicyclic) bond motifs is 1. The minimum Gasteiger partial charge on any atom is -0.490 e. The Kier molecular flexibility index (Phi) is 3.95. The third kappa shape index (κ3) is 2.81. The number of likely N-dealkylation sites (tertiary alicyclic amines) is 1. The second kappa shape index (κ2) is 6.24. The van der Waals surface area contributed by atoms with Crippen molar-refractivity contribution < 1.29 is 14.3 Å². The number of benzene rings is 1. The van der Waals surface area contributed by atoms with E-state index in [2.05, 4.69) is 6.07 Å². The SMILES string of the molecule is O=C(c1ccsc1)N1CCC[C@H]1c1ccc2c(c1)OCCCO2. The zero-order valence-electron chi connectivity index (χ0n) is 12.9. The van der Waals surface area contributed by atoms with Crippen LogP contribution in [0.25, 0.3) is 0 Å². The molecule has 0 spiro atoms. The molecule has 1 aromatic carbocycles. The van der Waals surface area contributed by atoms with E-state index in [-0.39, 0.29) is 11.9 Å². The molecule has 23 heavy (non-hydrogen) atoms. The Hall–Kier alpha value is -2.01. The number of nitrogens with zero attached hydrogens (tertiary/aromatic N) is 1. The summed E-state index contributed by atoms with van der Waals surface area (Å²) >= 11 is 1.56. The fourth-order valence-corrected chi connectivity index (χ4v) is 3.93. The standard InChI is InChI=1S/C18H19NO3S/c20-18(14-6-10-23-12-14)19-7-1-3-15(19)13-4-5-16-17(11-13)22-9-2-8-21-16/h4-6,10-12,15H,1-3,7-9H2/t15-/m0/s1. The Morgan fingerprint density at radius 2 is 2.00 bits per heavy atom. The maximum atomic E-state index is 12.7. The second-order valence-electron chi connectivity index (χ2n) is 5.93. The van der Waals surface area contributed by atoms with Crippen LogP contribution in [0.5, 0.6) is 11.5 Å². The highest BCUT2D eigenvalue weighted by Crippen LogP contribution is 2.38. The van der Waals surface area contributed by atoms with E-state index < -0.39 is 0 Å². The lowest BCUT2D eigenvalue weighted by Crippen LogP contribution is -2.30. The van der Waals surface area contributed by atoms with Crippen molar-refractivity contribution in [3.63, 3.8) is 0 Å². The lowest BCUT2D eigenvalue weighted by molar-refractivity contribution is 0.0736. The highest BCUT2D eigenvalue weighted by molar-refractivity contribution is 7.08. The summed E-state index contributed by atoms with van der Waals surface area (Å²) in [4.78, 5) is 14.7. The molecule has 5 heteroatoms. The molecule has 0 radical (unpaired) electrons. The number of rotatable bonds is 2. The van der Waals surface area contributed by atoms with Gasteiger partial charge < -0.3 is 14.4 Å². The average Bonchev–Trinajstić information content (AvgIpc) is 3.22. The molecule has 4 rings (SSSR count). The molecule has 3 heterocycles. The summed E-state index contributed by atoms with van der Waals surface area (Å²) in [7, 11) is 0. The van der Waals surface area contributed by atoms with Gasteiger partial charge in [0.1, 0.15) is 0 Å². The van der Waals surface area contributed by atoms with Crippen molar-refractivity contribution in [1.29, 1.82) is 0 Å². The molecule has 1 aromatic heterocycles. The molecule has 0 aliphatic carbocycles. The van der Waals surface area contributed by atoms with E-state index in [9.17, 15) is 4.79 Å². The van der Waals surface area contributed by atoms with Crippen molar-refractivity contribution in [3.8, 4) is 11.5 Å². The first-order valence-corrected chi connectivity index (χ1v) is 9.00. The fourth-order valence-electron chi connectivity index (χ4n) is 3.30. The van der Waals surface area contributed by atoms with Gasteiger partial charge in [0.2, 0.25) is 0 Å². The van der Waals surface area contributed by atoms with Gasteiger partial charge >= 0.3 is 0 Å². The van der Waals surface area contributed by atoms with Crippen LogP contribution in [0.1, 0.15) is 41.2 Å². The summed E-state index contributed by atoms with van der Waals surface area (Å²) in [5.74, 6) is 1.73. The maximum Gasteiger partial charge on any atom is 0.255 e. The molecule has 2 aliphatic rings. The number of ether oxygens (including phenoxy) is 2. The predicted molar refractivity (Wildman–Crippen MR) is 89.4 cm³/mol. The first-order chi connectivity index (χ1) is 11.3. The second-order valence-corrected chi connectivity index (χ2v) is 6.71. The summed E-state index contributed by atoms with van der Waals surface area (Å²) in [5.41, 5.74) is 1.92. The maximum absolute atomic E-state index is 12.7. The first-order valence-electron chi connectivity index (χ1n) is 8.05. The molecule has 2 aromatic rings. The highest BCUT2D eigenvalue weighted by atomic mass is 32.1. The van der Waals surface area contributed by atoms with Gasteiger partial charge in [-0.3, -0.25) is 4.79 Å². The van der Waals surface area contributed by atoms with Crippen molar-refractivity contribution in [2.45, 2.75) is 25.3 Å². The Labute approximate surface area is 139 Å². The highest BCUT2D eigenvalue weighted by Gasteiger charge is 2.31. The van der Waals surface area contributed by atoms with E-state index in [4.69, 9.17) is 9.47 Å². The smallest absolute Gasteiger partial charge is 0.255 e. The fraction of sp³-hybridized carbons (Fsp3) is 0.389. The summed E-state index contributed by atoms with van der Waals surface area (Å²) in [5, 5.41) is 3.87. The van der Waals surface area contributed by atoms with E-state index in [0.717, 1.165) is 48.4 Å². The van der Waals surface area contributed by atoms with E-state index >= 15 is 0 Å². The number of amides is 1. The summed E-state index contributed by atoms with van der Waals surface area (Å²) in [6, 6.07) is 8.11. The lowest BCUT2D eigenvalue weighted by Gasteiger charge is -2.25. The van der Waals surface area contributed by atoms with Crippen molar-refractivity contribution in [1.82, 2.24) is 4.90 Å². The van der Waals surface area contributed by atoms with Gasteiger partial charge in [-0.05, 0) is 42.0 Å². The van der Waals surface area contributed by atoms with Gasteiger partial charge in [-0.1, -0.05) is 6.07 Å². The van der Waals surface area contributed by atoms with Crippen LogP contribution in [0.15, 0.2) is 35.0 Å². The lowest BCUT2D eigenvalue weighted by atomic mass is 10.0. The molecule has 2 aliphatic heterocycles. The quantitative estimate of drug-likeness (QED) is 0.839. The minimum absolute atomic E-state index is 0.125. The normalized spacial score (nSPS) is 20.3. The summed E-state index contributed by atoms with van der Waals surface area (Å²) in [6.07, 6.45) is 2.93. The zero-order valence-corrected chi connectivity index (χ0v) is 13.7. The minimum atomic E-state index is 0.125. The Bertz CT molecular complexity index is 698. The molecule has 0 bridgehead atoms. The molecule has 4 nitrogen and oxygen atoms in total. The molecular formula is C18H19NO3S. The zero-order chi connectivity index (χ0) is 15.6.